The number of piperidine rings is 1. The molecule has 1 unspecified atom stereocenters. The number of thiocarbonyl (C=S) groups is 1. The van der Waals surface area contributed by atoms with Crippen molar-refractivity contribution in [3.8, 4) is 0 Å². The van der Waals surface area contributed by atoms with Crippen molar-refractivity contribution in [2.24, 2.45) is 11.7 Å². The van der Waals surface area contributed by atoms with Crippen molar-refractivity contribution < 1.29 is 17.9 Å². The zero-order valence-electron chi connectivity index (χ0n) is 10.4. The van der Waals surface area contributed by atoms with Gasteiger partial charge in [0.1, 0.15) is 5.92 Å². The fourth-order valence-corrected chi connectivity index (χ4v) is 2.32. The van der Waals surface area contributed by atoms with E-state index in [4.69, 9.17) is 10.5 Å². The van der Waals surface area contributed by atoms with Gasteiger partial charge in [-0.1, -0.05) is 12.2 Å². The highest BCUT2D eigenvalue weighted by atomic mass is 32.1. The predicted octanol–water partition coefficient (Wildman–Crippen LogP) is 1.95. The fraction of sp³-hybridized carbons (Fsp3) is 0.909. The van der Waals surface area contributed by atoms with Crippen molar-refractivity contribution in [2.45, 2.75) is 32.0 Å². The van der Waals surface area contributed by atoms with Gasteiger partial charge in [-0.25, -0.2) is 0 Å². The molecule has 0 bridgehead atoms. The van der Waals surface area contributed by atoms with Gasteiger partial charge in [0, 0.05) is 26.2 Å². The quantitative estimate of drug-likeness (QED) is 0.783. The van der Waals surface area contributed by atoms with Crippen LogP contribution in [0, 0.1) is 5.92 Å². The minimum absolute atomic E-state index is 0.141. The summed E-state index contributed by atoms with van der Waals surface area (Å²) in [7, 11) is 0. The highest BCUT2D eigenvalue weighted by Gasteiger charge is 2.42. The molecule has 1 saturated heterocycles. The van der Waals surface area contributed by atoms with Crippen molar-refractivity contribution in [2.75, 3.05) is 26.2 Å². The maximum Gasteiger partial charge on any atom is 0.399 e. The van der Waals surface area contributed by atoms with E-state index in [0.717, 1.165) is 12.8 Å². The van der Waals surface area contributed by atoms with Crippen molar-refractivity contribution >= 4 is 17.2 Å². The number of nitrogens with two attached hydrogens (primary N) is 1. The van der Waals surface area contributed by atoms with Crippen LogP contribution < -0.4 is 5.73 Å². The maximum atomic E-state index is 12.7. The van der Waals surface area contributed by atoms with Gasteiger partial charge in [-0.3, -0.25) is 0 Å². The summed E-state index contributed by atoms with van der Waals surface area (Å²) in [5.41, 5.74) is 5.18. The molecule has 0 aromatic heterocycles. The van der Waals surface area contributed by atoms with E-state index in [1.54, 1.807) is 4.90 Å². The first-order chi connectivity index (χ1) is 8.34. The van der Waals surface area contributed by atoms with Crippen LogP contribution in [-0.4, -0.2) is 48.4 Å². The van der Waals surface area contributed by atoms with Crippen LogP contribution >= 0.6 is 12.2 Å². The number of nitrogens with zero attached hydrogens (tertiary/aromatic N) is 1. The molecular formula is C11H19F3N2OS. The topological polar surface area (TPSA) is 38.5 Å². The van der Waals surface area contributed by atoms with E-state index in [0.29, 0.717) is 19.7 Å². The molecule has 3 nitrogen and oxygen atoms in total. The molecule has 1 atom stereocenters. The molecule has 1 fully saturated rings. The molecule has 7 heteroatoms. The molecule has 0 aromatic carbocycles. The number of likely N-dealkylation sites (tertiary alicyclic amines) is 1. The van der Waals surface area contributed by atoms with Crippen LogP contribution in [0.2, 0.25) is 0 Å². The van der Waals surface area contributed by atoms with Gasteiger partial charge in [-0.2, -0.15) is 13.2 Å². The Kier molecular flexibility index (Phi) is 5.81. The van der Waals surface area contributed by atoms with E-state index in [1.165, 1.54) is 0 Å². The second-order valence-corrected chi connectivity index (χ2v) is 4.92. The summed E-state index contributed by atoms with van der Waals surface area (Å²) in [6.07, 6.45) is -2.67. The predicted molar refractivity (Wildman–Crippen MR) is 67.4 cm³/mol. The summed E-state index contributed by atoms with van der Waals surface area (Å²) >= 11 is 4.50. The van der Waals surface area contributed by atoms with Crippen molar-refractivity contribution in [3.63, 3.8) is 0 Å². The molecule has 0 amide bonds. The van der Waals surface area contributed by atoms with Crippen LogP contribution in [0.5, 0.6) is 0 Å². The van der Waals surface area contributed by atoms with Crippen LogP contribution in [0.4, 0.5) is 13.2 Å². The zero-order valence-corrected chi connectivity index (χ0v) is 11.2. The molecule has 1 aliphatic rings. The minimum atomic E-state index is -4.36. The van der Waals surface area contributed by atoms with Crippen molar-refractivity contribution in [1.82, 2.24) is 4.90 Å². The van der Waals surface area contributed by atoms with Gasteiger partial charge in [0.25, 0.3) is 0 Å². The van der Waals surface area contributed by atoms with Crippen LogP contribution in [0.3, 0.4) is 0 Å². The molecule has 106 valence electrons. The maximum absolute atomic E-state index is 12.7. The summed E-state index contributed by atoms with van der Waals surface area (Å²) in [5, 5.41) is 0. The molecular weight excluding hydrogens is 265 g/mol. The highest BCUT2D eigenvalue weighted by Crippen LogP contribution is 2.28. The summed E-state index contributed by atoms with van der Waals surface area (Å²) in [4.78, 5) is 1.28. The first-order valence-electron chi connectivity index (χ1n) is 6.04. The molecule has 0 radical (unpaired) electrons. The fourth-order valence-electron chi connectivity index (χ4n) is 2.11. The highest BCUT2D eigenvalue weighted by molar-refractivity contribution is 7.80. The molecule has 0 saturated carbocycles. The summed E-state index contributed by atoms with van der Waals surface area (Å²) < 4.78 is 43.6. The molecule has 1 rings (SSSR count). The number of hydrogen-bond acceptors (Lipinski definition) is 3. The third-order valence-electron chi connectivity index (χ3n) is 3.12. The number of rotatable bonds is 5. The van der Waals surface area contributed by atoms with Gasteiger partial charge in [-0.15, -0.1) is 0 Å². The van der Waals surface area contributed by atoms with E-state index in [9.17, 15) is 13.2 Å². The van der Waals surface area contributed by atoms with Gasteiger partial charge < -0.3 is 15.4 Å². The first-order valence-corrected chi connectivity index (χ1v) is 6.45. The lowest BCUT2D eigenvalue weighted by atomic mass is 10.0. The standard InChI is InChI=1S/C11H19F3N2OS/c1-2-17-8-3-5-16(6-4-8)7-9(10(15)18)11(12,13)14/h8-9H,2-7H2,1H3,(H2,15,18). The molecule has 0 spiro atoms. The Balaban J connectivity index is 2.46. The minimum Gasteiger partial charge on any atom is -0.393 e. The Morgan fingerprint density at radius 1 is 1.44 bits per heavy atom. The molecule has 2 N–H and O–H groups in total. The zero-order chi connectivity index (χ0) is 13.8. The number of ether oxygens (including phenoxy) is 1. The van der Waals surface area contributed by atoms with Gasteiger partial charge in [0.15, 0.2) is 0 Å². The Labute approximate surface area is 110 Å². The van der Waals surface area contributed by atoms with Gasteiger partial charge >= 0.3 is 6.18 Å². The number of alkyl halides is 3. The molecule has 1 aliphatic heterocycles. The van der Waals surface area contributed by atoms with Crippen LogP contribution in [0.15, 0.2) is 0 Å². The van der Waals surface area contributed by atoms with Crippen LogP contribution in [0.1, 0.15) is 19.8 Å². The lowest BCUT2D eigenvalue weighted by molar-refractivity contribution is -0.160. The molecule has 1 heterocycles. The lowest BCUT2D eigenvalue weighted by Gasteiger charge is -2.34. The second-order valence-electron chi connectivity index (χ2n) is 4.45. The SMILES string of the molecule is CCOC1CCN(CC(C(N)=S)C(F)(F)F)CC1. The van der Waals surface area contributed by atoms with Crippen molar-refractivity contribution in [1.29, 1.82) is 0 Å². The van der Waals surface area contributed by atoms with Crippen LogP contribution in [0.25, 0.3) is 0 Å². The lowest BCUT2D eigenvalue weighted by Crippen LogP contribution is -2.46. The van der Waals surface area contributed by atoms with E-state index in [2.05, 4.69) is 12.2 Å². The average Bonchev–Trinajstić information content (AvgIpc) is 2.26. The summed E-state index contributed by atoms with van der Waals surface area (Å²) in [5.74, 6) is -1.71. The normalized spacial score (nSPS) is 20.9. The van der Waals surface area contributed by atoms with E-state index in [1.807, 2.05) is 6.92 Å². The molecule has 18 heavy (non-hydrogen) atoms. The third-order valence-corrected chi connectivity index (χ3v) is 3.40. The van der Waals surface area contributed by atoms with Gasteiger partial charge in [0.05, 0.1) is 11.1 Å². The van der Waals surface area contributed by atoms with E-state index in [-0.39, 0.29) is 12.6 Å². The van der Waals surface area contributed by atoms with Gasteiger partial charge in [0.2, 0.25) is 0 Å². The first kappa shape index (κ1) is 15.7. The average molecular weight is 284 g/mol. The Hall–Kier alpha value is -0.400. The monoisotopic (exact) mass is 284 g/mol. The Bertz CT molecular complexity index is 278. The Morgan fingerprint density at radius 2 is 2.00 bits per heavy atom. The largest absolute Gasteiger partial charge is 0.399 e. The third kappa shape index (κ3) is 4.70. The smallest absolute Gasteiger partial charge is 0.393 e. The summed E-state index contributed by atoms with van der Waals surface area (Å²) in [6.45, 7) is 3.61. The van der Waals surface area contributed by atoms with Gasteiger partial charge in [-0.05, 0) is 19.8 Å². The molecule has 0 aromatic rings. The summed E-state index contributed by atoms with van der Waals surface area (Å²) in [6, 6.07) is 0. The molecule has 0 aliphatic carbocycles. The van der Waals surface area contributed by atoms with E-state index < -0.39 is 17.1 Å². The van der Waals surface area contributed by atoms with Crippen LogP contribution in [-0.2, 0) is 4.74 Å². The van der Waals surface area contributed by atoms with Crippen molar-refractivity contribution in [3.05, 3.63) is 0 Å². The number of hydrogen-bond donors (Lipinski definition) is 1. The van der Waals surface area contributed by atoms with E-state index >= 15 is 0 Å². The Morgan fingerprint density at radius 3 is 2.39 bits per heavy atom. The number of halogens is 3. The second kappa shape index (κ2) is 6.68.